The maximum absolute atomic E-state index is 11.1. The maximum Gasteiger partial charge on any atom is 0.223 e. The van der Waals surface area contributed by atoms with Crippen LogP contribution in [-0.4, -0.2) is 11.0 Å². The largest absolute Gasteiger partial charge is 0.390 e. The molecule has 69 valence electrons. The highest BCUT2D eigenvalue weighted by Crippen LogP contribution is 2.39. The summed E-state index contributed by atoms with van der Waals surface area (Å²) in [5.41, 5.74) is 4.88. The highest BCUT2D eigenvalue weighted by molar-refractivity contribution is 5.80. The number of amides is 1. The van der Waals surface area contributed by atoms with Crippen LogP contribution in [0.1, 0.15) is 32.6 Å². The number of rotatable bonds is 2. The minimum atomic E-state index is -0.401. The van der Waals surface area contributed by atoms with Crippen LogP contribution in [0.4, 0.5) is 0 Å². The van der Waals surface area contributed by atoms with Crippen molar-refractivity contribution >= 4 is 5.91 Å². The topological polar surface area (TPSA) is 63.3 Å². The van der Waals surface area contributed by atoms with Gasteiger partial charge in [-0.15, -0.1) is 0 Å². The van der Waals surface area contributed by atoms with E-state index < -0.39 is 5.41 Å². The molecule has 1 radical (unpaired) electrons. The lowest BCUT2D eigenvalue weighted by Crippen LogP contribution is -2.38. The van der Waals surface area contributed by atoms with Gasteiger partial charge in [0.15, 0.2) is 0 Å². The van der Waals surface area contributed by atoms with Gasteiger partial charge in [-0.1, -0.05) is 13.3 Å². The summed E-state index contributed by atoms with van der Waals surface area (Å²) in [6, 6.07) is 0. The number of hydrogen-bond acceptors (Lipinski definition) is 2. The van der Waals surface area contributed by atoms with E-state index in [1.165, 1.54) is 6.61 Å². The monoisotopic (exact) mass is 170 g/mol. The van der Waals surface area contributed by atoms with Gasteiger partial charge in [-0.3, -0.25) is 4.79 Å². The molecular formula is C9H16NO2. The SMILES string of the molecule is CC1(C(N)=O)CCCC([CH]O)C1. The predicted octanol–water partition coefficient (Wildman–Crippen LogP) is 1.20. The fourth-order valence-corrected chi connectivity index (χ4v) is 1.89. The Balaban J connectivity index is 2.61. The number of carbonyl (C=O) groups is 1. The van der Waals surface area contributed by atoms with Gasteiger partial charge < -0.3 is 10.8 Å². The van der Waals surface area contributed by atoms with Gasteiger partial charge in [0.1, 0.15) is 0 Å². The molecule has 1 rings (SSSR count). The fourth-order valence-electron chi connectivity index (χ4n) is 1.89. The van der Waals surface area contributed by atoms with E-state index in [2.05, 4.69) is 0 Å². The molecule has 1 aliphatic carbocycles. The number of carbonyl (C=O) groups excluding carboxylic acids is 1. The molecule has 3 N–H and O–H groups in total. The lowest BCUT2D eigenvalue weighted by molar-refractivity contribution is -0.129. The Morgan fingerprint density at radius 2 is 2.42 bits per heavy atom. The number of aliphatic hydroxyl groups excluding tert-OH is 1. The fraction of sp³-hybridized carbons (Fsp3) is 0.778. The second kappa shape index (κ2) is 3.44. The van der Waals surface area contributed by atoms with Gasteiger partial charge in [-0.25, -0.2) is 0 Å². The van der Waals surface area contributed by atoms with Gasteiger partial charge in [-0.05, 0) is 25.2 Å². The first-order valence-corrected chi connectivity index (χ1v) is 4.36. The molecule has 0 aliphatic heterocycles. The Morgan fingerprint density at radius 1 is 1.75 bits per heavy atom. The first-order chi connectivity index (χ1) is 5.58. The van der Waals surface area contributed by atoms with E-state index in [9.17, 15) is 4.79 Å². The molecule has 0 saturated heterocycles. The van der Waals surface area contributed by atoms with Crippen molar-refractivity contribution in [2.45, 2.75) is 32.6 Å². The smallest absolute Gasteiger partial charge is 0.223 e. The summed E-state index contributed by atoms with van der Waals surface area (Å²) in [6.07, 6.45) is 3.49. The zero-order chi connectivity index (χ0) is 9.19. The first-order valence-electron chi connectivity index (χ1n) is 4.36. The van der Waals surface area contributed by atoms with Crippen molar-refractivity contribution in [3.05, 3.63) is 6.61 Å². The molecule has 2 atom stereocenters. The normalized spacial score (nSPS) is 36.3. The Hall–Kier alpha value is -0.570. The minimum absolute atomic E-state index is 0.149. The summed E-state index contributed by atoms with van der Waals surface area (Å²) in [7, 11) is 0. The summed E-state index contributed by atoms with van der Waals surface area (Å²) in [4.78, 5) is 11.1. The van der Waals surface area contributed by atoms with Gasteiger partial charge in [0.05, 0.1) is 6.61 Å². The van der Waals surface area contributed by atoms with Crippen molar-refractivity contribution < 1.29 is 9.90 Å². The van der Waals surface area contributed by atoms with Crippen LogP contribution in [0.15, 0.2) is 0 Å². The quantitative estimate of drug-likeness (QED) is 0.654. The summed E-state index contributed by atoms with van der Waals surface area (Å²) >= 11 is 0. The van der Waals surface area contributed by atoms with Crippen LogP contribution in [0.5, 0.6) is 0 Å². The molecule has 3 nitrogen and oxygen atoms in total. The van der Waals surface area contributed by atoms with Crippen molar-refractivity contribution in [1.82, 2.24) is 0 Å². The van der Waals surface area contributed by atoms with E-state index in [1.807, 2.05) is 6.92 Å². The Bertz CT molecular complexity index is 181. The molecule has 1 fully saturated rings. The molecule has 0 bridgehead atoms. The average Bonchev–Trinajstić information content (AvgIpc) is 2.04. The zero-order valence-electron chi connectivity index (χ0n) is 7.42. The molecule has 12 heavy (non-hydrogen) atoms. The zero-order valence-corrected chi connectivity index (χ0v) is 7.42. The van der Waals surface area contributed by atoms with E-state index in [0.717, 1.165) is 19.3 Å². The summed E-state index contributed by atoms with van der Waals surface area (Å²) in [5.74, 6) is -0.0923. The molecule has 0 aromatic carbocycles. The van der Waals surface area contributed by atoms with E-state index >= 15 is 0 Å². The lowest BCUT2D eigenvalue weighted by Gasteiger charge is -2.34. The third kappa shape index (κ3) is 1.78. The van der Waals surface area contributed by atoms with Gasteiger partial charge >= 0.3 is 0 Å². The maximum atomic E-state index is 11.1. The molecule has 0 aromatic heterocycles. The van der Waals surface area contributed by atoms with Gasteiger partial charge in [0.25, 0.3) is 0 Å². The van der Waals surface area contributed by atoms with Crippen LogP contribution in [0, 0.1) is 17.9 Å². The Morgan fingerprint density at radius 3 is 2.92 bits per heavy atom. The number of aliphatic hydroxyl groups is 1. The van der Waals surface area contributed by atoms with Crippen LogP contribution < -0.4 is 5.73 Å². The standard InChI is InChI=1S/C9H16NO2/c1-9(8(10)12)4-2-3-7(5-9)6-11/h6-7,11H,2-5H2,1H3,(H2,10,12). The van der Waals surface area contributed by atoms with Crippen LogP contribution in [0.2, 0.25) is 0 Å². The number of hydrogen-bond donors (Lipinski definition) is 2. The van der Waals surface area contributed by atoms with Gasteiger partial charge in [0, 0.05) is 5.41 Å². The molecule has 1 amide bonds. The highest BCUT2D eigenvalue weighted by atomic mass is 16.3. The molecule has 0 heterocycles. The second-order valence-corrected chi connectivity index (χ2v) is 3.93. The van der Waals surface area contributed by atoms with Crippen LogP contribution in [0.3, 0.4) is 0 Å². The Kier molecular flexibility index (Phi) is 2.73. The molecule has 1 aliphatic rings. The molecule has 0 aromatic rings. The number of primary amides is 1. The van der Waals surface area contributed by atoms with E-state index in [1.54, 1.807) is 0 Å². The summed E-state index contributed by atoms with van der Waals surface area (Å²) < 4.78 is 0. The summed E-state index contributed by atoms with van der Waals surface area (Å²) in [5, 5.41) is 8.83. The molecule has 1 saturated carbocycles. The average molecular weight is 170 g/mol. The second-order valence-electron chi connectivity index (χ2n) is 3.93. The molecule has 0 spiro atoms. The van der Waals surface area contributed by atoms with E-state index in [4.69, 9.17) is 10.8 Å². The van der Waals surface area contributed by atoms with Crippen LogP contribution in [0.25, 0.3) is 0 Å². The van der Waals surface area contributed by atoms with Crippen molar-refractivity contribution in [3.8, 4) is 0 Å². The van der Waals surface area contributed by atoms with Gasteiger partial charge in [-0.2, -0.15) is 0 Å². The van der Waals surface area contributed by atoms with Crippen molar-refractivity contribution in [2.75, 3.05) is 0 Å². The van der Waals surface area contributed by atoms with E-state index in [-0.39, 0.29) is 11.8 Å². The van der Waals surface area contributed by atoms with Gasteiger partial charge in [0.2, 0.25) is 5.91 Å². The lowest BCUT2D eigenvalue weighted by atomic mass is 9.70. The van der Waals surface area contributed by atoms with Crippen LogP contribution in [-0.2, 0) is 4.79 Å². The third-order valence-electron chi connectivity index (χ3n) is 2.82. The van der Waals surface area contributed by atoms with E-state index in [0.29, 0.717) is 6.42 Å². The number of nitrogens with two attached hydrogens (primary N) is 1. The Labute approximate surface area is 72.9 Å². The van der Waals surface area contributed by atoms with Crippen molar-refractivity contribution in [3.63, 3.8) is 0 Å². The molecule has 2 unspecified atom stereocenters. The third-order valence-corrected chi connectivity index (χ3v) is 2.82. The molecule has 3 heteroatoms. The van der Waals surface area contributed by atoms with Crippen molar-refractivity contribution in [1.29, 1.82) is 0 Å². The predicted molar refractivity (Wildman–Crippen MR) is 45.5 cm³/mol. The van der Waals surface area contributed by atoms with Crippen LogP contribution >= 0.6 is 0 Å². The summed E-state index contributed by atoms with van der Waals surface area (Å²) in [6.45, 7) is 3.07. The highest BCUT2D eigenvalue weighted by Gasteiger charge is 2.36. The first kappa shape index (κ1) is 9.52. The minimum Gasteiger partial charge on any atom is -0.390 e. The van der Waals surface area contributed by atoms with Crippen molar-refractivity contribution in [2.24, 2.45) is 17.1 Å². The molecular weight excluding hydrogens is 154 g/mol.